The van der Waals surface area contributed by atoms with Gasteiger partial charge in [-0.15, -0.1) is 0 Å². The maximum Gasteiger partial charge on any atom is 0.225 e. The molecule has 6 heteroatoms. The number of rotatable bonds is 4. The predicted octanol–water partition coefficient (Wildman–Crippen LogP) is 3.55. The summed E-state index contributed by atoms with van der Waals surface area (Å²) in [6, 6.07) is 7.68. The van der Waals surface area contributed by atoms with Crippen molar-refractivity contribution in [3.63, 3.8) is 0 Å². The Bertz CT molecular complexity index is 774. The first kappa shape index (κ1) is 17.3. The fourth-order valence-electron chi connectivity index (χ4n) is 3.18. The fourth-order valence-corrected chi connectivity index (χ4v) is 3.18. The van der Waals surface area contributed by atoms with E-state index in [9.17, 15) is 4.79 Å². The number of likely N-dealkylation sites (tertiary alicyclic amines) is 1. The van der Waals surface area contributed by atoms with E-state index in [-0.39, 0.29) is 17.9 Å². The first-order valence-electron chi connectivity index (χ1n) is 8.81. The number of aromatic nitrogens is 3. The highest BCUT2D eigenvalue weighted by molar-refractivity contribution is 5.78. The Labute approximate surface area is 148 Å². The molecule has 1 aliphatic heterocycles. The average Bonchev–Trinajstić information content (AvgIpc) is 3.03. The quantitative estimate of drug-likeness (QED) is 0.922. The van der Waals surface area contributed by atoms with Crippen LogP contribution in [0.2, 0.25) is 0 Å². The Morgan fingerprint density at radius 1 is 1.16 bits per heavy atom. The Morgan fingerprint density at radius 3 is 2.68 bits per heavy atom. The Kier molecular flexibility index (Phi) is 4.97. The molecule has 25 heavy (non-hydrogen) atoms. The first-order chi connectivity index (χ1) is 11.9. The summed E-state index contributed by atoms with van der Waals surface area (Å²) in [5.41, 5.74) is 1.82. The summed E-state index contributed by atoms with van der Waals surface area (Å²) in [4.78, 5) is 28.1. The van der Waals surface area contributed by atoms with Gasteiger partial charge in [0.25, 0.3) is 0 Å². The van der Waals surface area contributed by atoms with Gasteiger partial charge >= 0.3 is 0 Å². The average molecular weight is 339 g/mol. The molecule has 132 valence electrons. The van der Waals surface area contributed by atoms with Gasteiger partial charge in [0.1, 0.15) is 11.6 Å². The van der Waals surface area contributed by atoms with Crippen molar-refractivity contribution in [2.45, 2.75) is 46.6 Å². The zero-order valence-electron chi connectivity index (χ0n) is 15.3. The molecular weight excluding hydrogens is 314 g/mol. The highest BCUT2D eigenvalue weighted by atomic mass is 16.2. The minimum absolute atomic E-state index is 0.0144. The van der Waals surface area contributed by atoms with E-state index < -0.39 is 0 Å². The van der Waals surface area contributed by atoms with Gasteiger partial charge in [-0.1, -0.05) is 19.9 Å². The van der Waals surface area contributed by atoms with Crippen molar-refractivity contribution in [3.8, 4) is 0 Å². The second-order valence-corrected chi connectivity index (χ2v) is 6.89. The summed E-state index contributed by atoms with van der Waals surface area (Å²) >= 11 is 0. The van der Waals surface area contributed by atoms with Crippen LogP contribution in [0, 0.1) is 19.8 Å². The third kappa shape index (κ3) is 3.95. The number of nitrogens with one attached hydrogen (secondary N) is 1. The molecule has 1 atom stereocenters. The van der Waals surface area contributed by atoms with Crippen LogP contribution in [0.15, 0.2) is 24.3 Å². The summed E-state index contributed by atoms with van der Waals surface area (Å²) < 4.78 is 0. The number of hydrogen-bond acceptors (Lipinski definition) is 5. The van der Waals surface area contributed by atoms with Crippen LogP contribution < -0.4 is 5.32 Å². The highest BCUT2D eigenvalue weighted by Crippen LogP contribution is 2.32. The third-order valence-corrected chi connectivity index (χ3v) is 4.34. The lowest BCUT2D eigenvalue weighted by Crippen LogP contribution is -2.34. The van der Waals surface area contributed by atoms with Crippen LogP contribution in [-0.4, -0.2) is 32.3 Å². The number of anilines is 2. The molecule has 0 aliphatic carbocycles. The summed E-state index contributed by atoms with van der Waals surface area (Å²) in [7, 11) is 0. The molecule has 1 N–H and O–H groups in total. The molecule has 0 saturated carbocycles. The van der Waals surface area contributed by atoms with Crippen molar-refractivity contribution in [3.05, 3.63) is 41.5 Å². The number of carbonyl (C=O) groups is 1. The third-order valence-electron chi connectivity index (χ3n) is 4.34. The normalized spacial score (nSPS) is 17.2. The van der Waals surface area contributed by atoms with Gasteiger partial charge in [0, 0.05) is 29.9 Å². The van der Waals surface area contributed by atoms with Crippen LogP contribution in [0.4, 0.5) is 11.6 Å². The van der Waals surface area contributed by atoms with Crippen LogP contribution in [0.25, 0.3) is 0 Å². The molecule has 0 bridgehead atoms. The standard InChI is InChI=1S/C19H25N5O/c1-12(2)19(25)24-10-6-8-15(24)18-21-14(4)11-17(23-18)22-16-9-5-7-13(3)20-16/h5,7,9,11-12,15H,6,8,10H2,1-4H3,(H,20,21,22,23)/t15-/m1/s1. The number of nitrogens with zero attached hydrogens (tertiary/aromatic N) is 4. The van der Waals surface area contributed by atoms with Gasteiger partial charge in [-0.2, -0.15) is 0 Å². The lowest BCUT2D eigenvalue weighted by atomic mass is 10.1. The first-order valence-corrected chi connectivity index (χ1v) is 8.81. The van der Waals surface area contributed by atoms with E-state index in [1.54, 1.807) is 0 Å². The van der Waals surface area contributed by atoms with E-state index in [0.717, 1.165) is 36.6 Å². The Hall–Kier alpha value is -2.50. The van der Waals surface area contributed by atoms with Gasteiger partial charge in [-0.3, -0.25) is 4.79 Å². The molecule has 0 unspecified atom stereocenters. The predicted molar refractivity (Wildman–Crippen MR) is 97.6 cm³/mol. The van der Waals surface area contributed by atoms with Gasteiger partial charge in [0.2, 0.25) is 5.91 Å². The molecule has 3 heterocycles. The van der Waals surface area contributed by atoms with Gasteiger partial charge in [0.15, 0.2) is 5.82 Å². The minimum Gasteiger partial charge on any atom is -0.332 e. The van der Waals surface area contributed by atoms with Crippen LogP contribution in [0.5, 0.6) is 0 Å². The van der Waals surface area contributed by atoms with E-state index >= 15 is 0 Å². The maximum absolute atomic E-state index is 12.5. The number of pyridine rings is 1. The van der Waals surface area contributed by atoms with Crippen molar-refractivity contribution in [1.29, 1.82) is 0 Å². The summed E-state index contributed by atoms with van der Waals surface area (Å²) in [5.74, 6) is 2.33. The molecule has 2 aromatic heterocycles. The molecule has 2 aromatic rings. The summed E-state index contributed by atoms with van der Waals surface area (Å²) in [5, 5.41) is 3.25. The summed E-state index contributed by atoms with van der Waals surface area (Å²) in [6.45, 7) is 8.55. The van der Waals surface area contributed by atoms with E-state index in [2.05, 4.69) is 20.3 Å². The van der Waals surface area contributed by atoms with E-state index in [1.807, 2.05) is 56.9 Å². The smallest absolute Gasteiger partial charge is 0.225 e. The second-order valence-electron chi connectivity index (χ2n) is 6.89. The zero-order chi connectivity index (χ0) is 18.0. The minimum atomic E-state index is -0.0409. The molecule has 0 radical (unpaired) electrons. The van der Waals surface area contributed by atoms with Crippen molar-refractivity contribution in [2.24, 2.45) is 5.92 Å². The number of hydrogen-bond donors (Lipinski definition) is 1. The molecule has 1 amide bonds. The molecule has 0 aromatic carbocycles. The van der Waals surface area contributed by atoms with Gasteiger partial charge in [0.05, 0.1) is 6.04 Å². The fraction of sp³-hybridized carbons (Fsp3) is 0.474. The highest BCUT2D eigenvalue weighted by Gasteiger charge is 2.33. The molecule has 1 fully saturated rings. The van der Waals surface area contributed by atoms with Gasteiger partial charge in [-0.25, -0.2) is 15.0 Å². The lowest BCUT2D eigenvalue weighted by Gasteiger charge is -2.25. The van der Waals surface area contributed by atoms with Crippen molar-refractivity contribution >= 4 is 17.5 Å². The van der Waals surface area contributed by atoms with Crippen molar-refractivity contribution in [2.75, 3.05) is 11.9 Å². The maximum atomic E-state index is 12.5. The van der Waals surface area contributed by atoms with Crippen LogP contribution in [-0.2, 0) is 4.79 Å². The Morgan fingerprint density at radius 2 is 1.96 bits per heavy atom. The molecule has 3 rings (SSSR count). The lowest BCUT2D eigenvalue weighted by molar-refractivity contribution is -0.135. The van der Waals surface area contributed by atoms with Crippen LogP contribution >= 0.6 is 0 Å². The molecule has 1 aliphatic rings. The van der Waals surface area contributed by atoms with Crippen LogP contribution in [0.3, 0.4) is 0 Å². The topological polar surface area (TPSA) is 71.0 Å². The van der Waals surface area contributed by atoms with Gasteiger partial charge < -0.3 is 10.2 Å². The molecule has 0 spiro atoms. The van der Waals surface area contributed by atoms with Crippen LogP contribution in [0.1, 0.15) is 49.9 Å². The zero-order valence-corrected chi connectivity index (χ0v) is 15.3. The Balaban J connectivity index is 1.87. The number of aryl methyl sites for hydroxylation is 2. The van der Waals surface area contributed by atoms with Gasteiger partial charge in [-0.05, 0) is 38.8 Å². The van der Waals surface area contributed by atoms with Crippen molar-refractivity contribution in [1.82, 2.24) is 19.9 Å². The molecule has 1 saturated heterocycles. The SMILES string of the molecule is Cc1cccc(Nc2cc(C)nc([C@H]3CCCN3C(=O)C(C)C)n2)n1. The van der Waals surface area contributed by atoms with E-state index in [0.29, 0.717) is 11.6 Å². The van der Waals surface area contributed by atoms with Crippen molar-refractivity contribution < 1.29 is 4.79 Å². The number of carbonyl (C=O) groups excluding carboxylic acids is 1. The largest absolute Gasteiger partial charge is 0.332 e. The monoisotopic (exact) mass is 339 g/mol. The van der Waals surface area contributed by atoms with E-state index in [4.69, 9.17) is 0 Å². The molecule has 6 nitrogen and oxygen atoms in total. The van der Waals surface area contributed by atoms with E-state index in [1.165, 1.54) is 0 Å². The second kappa shape index (κ2) is 7.17. The molecular formula is C19H25N5O. The summed E-state index contributed by atoms with van der Waals surface area (Å²) in [6.07, 6.45) is 1.90. The number of amides is 1.